The smallest absolute Gasteiger partial charge is 0.262 e. The Bertz CT molecular complexity index is 898. The van der Waals surface area contributed by atoms with Gasteiger partial charge in [-0.3, -0.25) is 4.79 Å². The van der Waals surface area contributed by atoms with E-state index in [0.717, 1.165) is 34.1 Å². The molecular formula is C17H18N4O3S. The highest BCUT2D eigenvalue weighted by molar-refractivity contribution is 7.22. The van der Waals surface area contributed by atoms with E-state index < -0.39 is 0 Å². The van der Waals surface area contributed by atoms with Gasteiger partial charge in [0.15, 0.2) is 11.7 Å². The molecule has 8 heteroatoms. The number of nitrogens with one attached hydrogen (secondary N) is 1. The van der Waals surface area contributed by atoms with Crippen LogP contribution in [0.1, 0.15) is 18.6 Å². The zero-order valence-corrected chi connectivity index (χ0v) is 14.6. The van der Waals surface area contributed by atoms with E-state index in [2.05, 4.69) is 20.4 Å². The number of thiazole rings is 1. The molecule has 1 amide bonds. The van der Waals surface area contributed by atoms with Crippen molar-refractivity contribution in [1.29, 1.82) is 0 Å². The third-order valence-electron chi connectivity index (χ3n) is 3.99. The molecule has 0 bridgehead atoms. The van der Waals surface area contributed by atoms with Gasteiger partial charge in [0.05, 0.1) is 10.2 Å². The number of benzene rings is 1. The van der Waals surface area contributed by atoms with E-state index in [1.165, 1.54) is 12.8 Å². The SMILES string of the molecule is Cc1cc(OCC(=O)Nc2ccc3nc(N4CCCC4)sc3c2)no1. The number of ether oxygens (including phenoxy) is 1. The third kappa shape index (κ3) is 3.58. The molecule has 1 aliphatic rings. The van der Waals surface area contributed by atoms with E-state index in [4.69, 9.17) is 9.26 Å². The van der Waals surface area contributed by atoms with Gasteiger partial charge in [-0.15, -0.1) is 0 Å². The van der Waals surface area contributed by atoms with Gasteiger partial charge in [-0.05, 0) is 43.1 Å². The lowest BCUT2D eigenvalue weighted by Crippen LogP contribution is -2.20. The minimum Gasteiger partial charge on any atom is -0.465 e. The first-order chi connectivity index (χ1) is 12.2. The Balaban J connectivity index is 1.41. The Hall–Kier alpha value is -2.61. The first-order valence-electron chi connectivity index (χ1n) is 8.19. The summed E-state index contributed by atoms with van der Waals surface area (Å²) >= 11 is 1.66. The van der Waals surface area contributed by atoms with Crippen molar-refractivity contribution in [3.05, 3.63) is 30.0 Å². The van der Waals surface area contributed by atoms with Gasteiger partial charge in [0, 0.05) is 24.8 Å². The van der Waals surface area contributed by atoms with E-state index in [-0.39, 0.29) is 12.5 Å². The predicted molar refractivity (Wildman–Crippen MR) is 96.4 cm³/mol. The van der Waals surface area contributed by atoms with Gasteiger partial charge in [-0.1, -0.05) is 11.3 Å². The van der Waals surface area contributed by atoms with Gasteiger partial charge >= 0.3 is 0 Å². The number of aryl methyl sites for hydroxylation is 1. The molecule has 1 N–H and O–H groups in total. The number of nitrogens with zero attached hydrogens (tertiary/aromatic N) is 3. The van der Waals surface area contributed by atoms with Crippen molar-refractivity contribution in [2.24, 2.45) is 0 Å². The number of carbonyl (C=O) groups excluding carboxylic acids is 1. The highest BCUT2D eigenvalue weighted by atomic mass is 32.1. The molecule has 0 saturated carbocycles. The molecule has 1 aromatic carbocycles. The van der Waals surface area contributed by atoms with E-state index in [9.17, 15) is 4.79 Å². The van der Waals surface area contributed by atoms with Crippen molar-refractivity contribution in [1.82, 2.24) is 10.1 Å². The molecule has 7 nitrogen and oxygen atoms in total. The maximum Gasteiger partial charge on any atom is 0.262 e. The number of hydrogen-bond donors (Lipinski definition) is 1. The van der Waals surface area contributed by atoms with Crippen molar-refractivity contribution in [3.63, 3.8) is 0 Å². The highest BCUT2D eigenvalue weighted by Crippen LogP contribution is 2.32. The second-order valence-electron chi connectivity index (χ2n) is 5.99. The summed E-state index contributed by atoms with van der Waals surface area (Å²) in [5.74, 6) is 0.699. The van der Waals surface area contributed by atoms with Crippen molar-refractivity contribution in [2.45, 2.75) is 19.8 Å². The molecule has 1 aliphatic heterocycles. The molecule has 0 unspecified atom stereocenters. The molecule has 1 saturated heterocycles. The summed E-state index contributed by atoms with van der Waals surface area (Å²) in [5, 5.41) is 7.58. The Morgan fingerprint density at radius 1 is 1.36 bits per heavy atom. The lowest BCUT2D eigenvalue weighted by molar-refractivity contribution is -0.118. The van der Waals surface area contributed by atoms with Gasteiger partial charge in [0.2, 0.25) is 0 Å². The van der Waals surface area contributed by atoms with Crippen LogP contribution in [0.3, 0.4) is 0 Å². The average Bonchev–Trinajstić information content (AvgIpc) is 3.32. The summed E-state index contributed by atoms with van der Waals surface area (Å²) in [7, 11) is 0. The molecule has 130 valence electrons. The number of amides is 1. The van der Waals surface area contributed by atoms with Gasteiger partial charge in [-0.25, -0.2) is 4.98 Å². The summed E-state index contributed by atoms with van der Waals surface area (Å²) in [6.07, 6.45) is 2.45. The molecule has 1 fully saturated rings. The van der Waals surface area contributed by atoms with Crippen molar-refractivity contribution < 1.29 is 14.1 Å². The molecule has 0 atom stereocenters. The van der Waals surface area contributed by atoms with E-state index >= 15 is 0 Å². The normalized spacial score (nSPS) is 14.2. The molecule has 2 aromatic heterocycles. The van der Waals surface area contributed by atoms with Crippen LogP contribution in [0.25, 0.3) is 10.2 Å². The van der Waals surface area contributed by atoms with E-state index in [1.807, 2.05) is 18.2 Å². The van der Waals surface area contributed by atoms with Gasteiger partial charge in [0.1, 0.15) is 5.76 Å². The standard InChI is InChI=1S/C17H18N4O3S/c1-11-8-16(20-24-11)23-10-15(22)18-12-4-5-13-14(9-12)25-17(19-13)21-6-2-3-7-21/h4-5,8-9H,2-3,6-7,10H2,1H3,(H,18,22). The quantitative estimate of drug-likeness (QED) is 0.754. The van der Waals surface area contributed by atoms with Crippen LogP contribution in [0, 0.1) is 6.92 Å². The molecular weight excluding hydrogens is 340 g/mol. The topological polar surface area (TPSA) is 80.5 Å². The van der Waals surface area contributed by atoms with Crippen LogP contribution in [0.15, 0.2) is 28.8 Å². The van der Waals surface area contributed by atoms with Crippen molar-refractivity contribution in [2.75, 3.05) is 29.9 Å². The molecule has 3 aromatic rings. The van der Waals surface area contributed by atoms with Crippen molar-refractivity contribution >= 4 is 38.3 Å². The summed E-state index contributed by atoms with van der Waals surface area (Å²) in [4.78, 5) is 19.0. The first-order valence-corrected chi connectivity index (χ1v) is 9.00. The van der Waals surface area contributed by atoms with Crippen LogP contribution in [-0.2, 0) is 4.79 Å². The second-order valence-corrected chi connectivity index (χ2v) is 6.99. The lowest BCUT2D eigenvalue weighted by Gasteiger charge is -2.11. The molecule has 25 heavy (non-hydrogen) atoms. The fourth-order valence-electron chi connectivity index (χ4n) is 2.78. The fraction of sp³-hybridized carbons (Fsp3) is 0.353. The van der Waals surface area contributed by atoms with Crippen LogP contribution in [0.4, 0.5) is 10.8 Å². The third-order valence-corrected chi connectivity index (χ3v) is 5.07. The van der Waals surface area contributed by atoms with Crippen molar-refractivity contribution in [3.8, 4) is 5.88 Å². The highest BCUT2D eigenvalue weighted by Gasteiger charge is 2.16. The fourth-order valence-corrected chi connectivity index (χ4v) is 3.84. The maximum atomic E-state index is 12.0. The number of hydrogen-bond acceptors (Lipinski definition) is 7. The number of rotatable bonds is 5. The van der Waals surface area contributed by atoms with Gasteiger partial charge in [0.25, 0.3) is 11.8 Å². The monoisotopic (exact) mass is 358 g/mol. The molecule has 0 radical (unpaired) electrons. The van der Waals surface area contributed by atoms with E-state index in [1.54, 1.807) is 24.3 Å². The zero-order valence-electron chi connectivity index (χ0n) is 13.8. The first kappa shape index (κ1) is 15.9. The summed E-state index contributed by atoms with van der Waals surface area (Å²) in [5.41, 5.74) is 1.69. The van der Waals surface area contributed by atoms with Crippen LogP contribution in [0.2, 0.25) is 0 Å². The maximum absolute atomic E-state index is 12.0. The van der Waals surface area contributed by atoms with Crippen LogP contribution in [0.5, 0.6) is 5.88 Å². The summed E-state index contributed by atoms with van der Waals surface area (Å²) in [6, 6.07) is 7.37. The average molecular weight is 358 g/mol. The predicted octanol–water partition coefficient (Wildman–Crippen LogP) is 3.21. The second kappa shape index (κ2) is 6.72. The summed E-state index contributed by atoms with van der Waals surface area (Å²) in [6.45, 7) is 3.79. The lowest BCUT2D eigenvalue weighted by atomic mass is 10.3. The van der Waals surface area contributed by atoms with Gasteiger partial charge in [-0.2, -0.15) is 0 Å². The number of fused-ring (bicyclic) bond motifs is 1. The number of aromatic nitrogens is 2. The zero-order chi connectivity index (χ0) is 17.2. The molecule has 0 spiro atoms. The number of anilines is 2. The van der Waals surface area contributed by atoms with Crippen LogP contribution in [-0.4, -0.2) is 35.7 Å². The Kier molecular flexibility index (Phi) is 4.27. The van der Waals surface area contributed by atoms with Gasteiger partial charge < -0.3 is 19.5 Å². The van der Waals surface area contributed by atoms with Crippen LogP contribution >= 0.6 is 11.3 Å². The number of carbonyl (C=O) groups is 1. The molecule has 0 aliphatic carbocycles. The minimum absolute atomic E-state index is 0.119. The molecule has 4 rings (SSSR count). The minimum atomic E-state index is -0.246. The largest absolute Gasteiger partial charge is 0.465 e. The molecule has 3 heterocycles. The summed E-state index contributed by atoms with van der Waals surface area (Å²) < 4.78 is 11.2. The Morgan fingerprint density at radius 3 is 2.96 bits per heavy atom. The van der Waals surface area contributed by atoms with E-state index in [0.29, 0.717) is 11.6 Å². The van der Waals surface area contributed by atoms with Crippen LogP contribution < -0.4 is 15.0 Å². The Labute approximate surface area is 148 Å². The Morgan fingerprint density at radius 2 is 2.20 bits per heavy atom.